The van der Waals surface area contributed by atoms with Crippen molar-refractivity contribution in [1.29, 1.82) is 0 Å². The fourth-order valence-corrected chi connectivity index (χ4v) is 3.78. The zero-order valence-electron chi connectivity index (χ0n) is 17.1. The van der Waals surface area contributed by atoms with E-state index in [1.54, 1.807) is 7.05 Å². The molecule has 0 radical (unpaired) electrons. The van der Waals surface area contributed by atoms with Gasteiger partial charge in [0.05, 0.1) is 6.10 Å². The first-order valence-electron chi connectivity index (χ1n) is 10.3. The van der Waals surface area contributed by atoms with Crippen LogP contribution in [0.1, 0.15) is 59.3 Å². The SMILES string of the molecule is CN=C(NCCCNC(=O)C1CCC1)NCC1CCCOC1C(C)(C)C. The van der Waals surface area contributed by atoms with Crippen molar-refractivity contribution in [2.24, 2.45) is 22.2 Å². The molecule has 6 heteroatoms. The highest BCUT2D eigenvalue weighted by Crippen LogP contribution is 2.33. The summed E-state index contributed by atoms with van der Waals surface area (Å²) in [4.78, 5) is 16.1. The molecule has 2 atom stereocenters. The number of nitrogens with one attached hydrogen (secondary N) is 3. The van der Waals surface area contributed by atoms with E-state index >= 15 is 0 Å². The van der Waals surface area contributed by atoms with Crippen molar-refractivity contribution in [2.45, 2.75) is 65.4 Å². The molecule has 2 aliphatic rings. The van der Waals surface area contributed by atoms with E-state index in [1.807, 2.05) is 0 Å². The lowest BCUT2D eigenvalue weighted by Crippen LogP contribution is -2.47. The predicted molar refractivity (Wildman–Crippen MR) is 106 cm³/mol. The van der Waals surface area contributed by atoms with Crippen molar-refractivity contribution >= 4 is 11.9 Å². The highest BCUT2D eigenvalue weighted by Gasteiger charge is 2.35. The fourth-order valence-electron chi connectivity index (χ4n) is 3.78. The summed E-state index contributed by atoms with van der Waals surface area (Å²) in [6.07, 6.45) is 6.82. The Morgan fingerprint density at radius 3 is 2.42 bits per heavy atom. The minimum absolute atomic E-state index is 0.155. The van der Waals surface area contributed by atoms with Crippen LogP contribution >= 0.6 is 0 Å². The van der Waals surface area contributed by atoms with Gasteiger partial charge < -0.3 is 20.7 Å². The lowest BCUT2D eigenvalue weighted by molar-refractivity contribution is -0.127. The van der Waals surface area contributed by atoms with Gasteiger partial charge in [-0.3, -0.25) is 9.79 Å². The number of aliphatic imine (C=N–C) groups is 1. The Labute approximate surface area is 158 Å². The van der Waals surface area contributed by atoms with Crippen molar-refractivity contribution < 1.29 is 9.53 Å². The molecule has 1 saturated carbocycles. The first-order chi connectivity index (χ1) is 12.4. The smallest absolute Gasteiger partial charge is 0.223 e. The summed E-state index contributed by atoms with van der Waals surface area (Å²) in [7, 11) is 1.80. The zero-order chi connectivity index (χ0) is 19.0. The summed E-state index contributed by atoms with van der Waals surface area (Å²) in [6, 6.07) is 0. The Morgan fingerprint density at radius 1 is 1.08 bits per heavy atom. The van der Waals surface area contributed by atoms with Crippen molar-refractivity contribution in [3.8, 4) is 0 Å². The molecule has 2 fully saturated rings. The molecule has 0 aromatic heterocycles. The minimum Gasteiger partial charge on any atom is -0.377 e. The number of carbonyl (C=O) groups is 1. The minimum atomic E-state index is 0.155. The number of ether oxygens (including phenoxy) is 1. The normalized spacial score (nSPS) is 24.7. The third-order valence-corrected chi connectivity index (χ3v) is 5.47. The largest absolute Gasteiger partial charge is 0.377 e. The van der Waals surface area contributed by atoms with Crippen molar-refractivity contribution in [3.63, 3.8) is 0 Å². The summed E-state index contributed by atoms with van der Waals surface area (Å²) < 4.78 is 6.05. The summed E-state index contributed by atoms with van der Waals surface area (Å²) >= 11 is 0. The lowest BCUT2D eigenvalue weighted by atomic mass is 9.78. The molecule has 6 nitrogen and oxygen atoms in total. The van der Waals surface area contributed by atoms with E-state index in [2.05, 4.69) is 41.7 Å². The standard InChI is InChI=1S/C20H38N4O2/c1-20(2,3)17-16(10-6-13-26-17)14-24-19(21-4)23-12-7-11-22-18(25)15-8-5-9-15/h15-17H,5-14H2,1-4H3,(H,22,25)(H2,21,23,24). The molecule has 150 valence electrons. The molecule has 0 aromatic rings. The van der Waals surface area contributed by atoms with Gasteiger partial charge in [0.15, 0.2) is 5.96 Å². The number of hydrogen-bond donors (Lipinski definition) is 3. The Balaban J connectivity index is 1.63. The second-order valence-electron chi connectivity index (χ2n) is 8.71. The van der Waals surface area contributed by atoms with Gasteiger partial charge in [0.2, 0.25) is 5.91 Å². The topological polar surface area (TPSA) is 74.8 Å². The highest BCUT2D eigenvalue weighted by atomic mass is 16.5. The van der Waals surface area contributed by atoms with Crippen molar-refractivity contribution in [3.05, 3.63) is 0 Å². The lowest BCUT2D eigenvalue weighted by Gasteiger charge is -2.40. The van der Waals surface area contributed by atoms with Crippen LogP contribution in [0.4, 0.5) is 0 Å². The summed E-state index contributed by atoms with van der Waals surface area (Å²) in [5, 5.41) is 9.82. The number of carbonyl (C=O) groups excluding carboxylic acids is 1. The Hall–Kier alpha value is -1.30. The molecule has 2 unspecified atom stereocenters. The van der Waals surface area contributed by atoms with Crippen LogP contribution in [0.15, 0.2) is 4.99 Å². The number of amides is 1. The van der Waals surface area contributed by atoms with Crippen LogP contribution in [0.3, 0.4) is 0 Å². The van der Waals surface area contributed by atoms with E-state index in [4.69, 9.17) is 4.74 Å². The average molecular weight is 367 g/mol. The van der Waals surface area contributed by atoms with E-state index in [-0.39, 0.29) is 23.3 Å². The van der Waals surface area contributed by atoms with Crippen molar-refractivity contribution in [2.75, 3.05) is 33.3 Å². The van der Waals surface area contributed by atoms with Gasteiger partial charge in [0.25, 0.3) is 0 Å². The number of hydrogen-bond acceptors (Lipinski definition) is 3. The van der Waals surface area contributed by atoms with Gasteiger partial charge in [-0.15, -0.1) is 0 Å². The van der Waals surface area contributed by atoms with E-state index in [1.165, 1.54) is 12.8 Å². The first-order valence-corrected chi connectivity index (χ1v) is 10.3. The molecular weight excluding hydrogens is 328 g/mol. The van der Waals surface area contributed by atoms with Gasteiger partial charge in [-0.1, -0.05) is 27.2 Å². The van der Waals surface area contributed by atoms with Crippen LogP contribution in [-0.4, -0.2) is 51.3 Å². The van der Waals surface area contributed by atoms with Gasteiger partial charge in [-0.05, 0) is 37.5 Å². The van der Waals surface area contributed by atoms with Gasteiger partial charge in [-0.2, -0.15) is 0 Å². The van der Waals surface area contributed by atoms with E-state index in [0.717, 1.165) is 57.9 Å². The van der Waals surface area contributed by atoms with Gasteiger partial charge in [0, 0.05) is 45.1 Å². The molecule has 2 rings (SSSR count). The van der Waals surface area contributed by atoms with Crippen LogP contribution in [0.2, 0.25) is 0 Å². The Bertz CT molecular complexity index is 469. The summed E-state index contributed by atoms with van der Waals surface area (Å²) in [5.74, 6) is 1.83. The van der Waals surface area contributed by atoms with E-state index < -0.39 is 0 Å². The quantitative estimate of drug-likeness (QED) is 0.367. The molecule has 26 heavy (non-hydrogen) atoms. The second-order valence-corrected chi connectivity index (χ2v) is 8.71. The molecule has 1 heterocycles. The van der Waals surface area contributed by atoms with Gasteiger partial charge in [-0.25, -0.2) is 0 Å². The highest BCUT2D eigenvalue weighted by molar-refractivity contribution is 5.80. The molecule has 1 saturated heterocycles. The maximum Gasteiger partial charge on any atom is 0.223 e. The maximum atomic E-state index is 11.8. The van der Waals surface area contributed by atoms with E-state index in [0.29, 0.717) is 5.92 Å². The monoisotopic (exact) mass is 366 g/mol. The molecule has 1 aliphatic heterocycles. The maximum absolute atomic E-state index is 11.8. The number of rotatable bonds is 7. The molecule has 1 amide bonds. The second kappa shape index (κ2) is 10.1. The van der Waals surface area contributed by atoms with Crippen LogP contribution in [-0.2, 0) is 9.53 Å². The van der Waals surface area contributed by atoms with Crippen molar-refractivity contribution in [1.82, 2.24) is 16.0 Å². The average Bonchev–Trinajstić information content (AvgIpc) is 2.55. The molecule has 0 bridgehead atoms. The molecule has 0 spiro atoms. The third-order valence-electron chi connectivity index (χ3n) is 5.47. The summed E-state index contributed by atoms with van der Waals surface area (Å²) in [5.41, 5.74) is 0.155. The van der Waals surface area contributed by atoms with Crippen LogP contribution in [0, 0.1) is 17.3 Å². The third kappa shape index (κ3) is 6.45. The molecule has 0 aromatic carbocycles. The Morgan fingerprint density at radius 2 is 1.81 bits per heavy atom. The fraction of sp³-hybridized carbons (Fsp3) is 0.900. The summed E-state index contributed by atoms with van der Waals surface area (Å²) in [6.45, 7) is 10.0. The van der Waals surface area contributed by atoms with Gasteiger partial charge >= 0.3 is 0 Å². The molecule has 1 aliphatic carbocycles. The van der Waals surface area contributed by atoms with Crippen LogP contribution < -0.4 is 16.0 Å². The van der Waals surface area contributed by atoms with Crippen LogP contribution in [0.25, 0.3) is 0 Å². The Kier molecular flexibility index (Phi) is 8.19. The number of nitrogens with zero attached hydrogens (tertiary/aromatic N) is 1. The van der Waals surface area contributed by atoms with Gasteiger partial charge in [0.1, 0.15) is 0 Å². The van der Waals surface area contributed by atoms with E-state index in [9.17, 15) is 4.79 Å². The zero-order valence-corrected chi connectivity index (χ0v) is 17.1. The molecular formula is C20H38N4O2. The predicted octanol–water partition coefficient (Wildman–Crippen LogP) is 2.30. The van der Waals surface area contributed by atoms with Crippen LogP contribution in [0.5, 0.6) is 0 Å². The molecule has 3 N–H and O–H groups in total. The number of guanidine groups is 1. The first kappa shape index (κ1) is 21.0.